The molecule has 2 saturated heterocycles. The Balaban J connectivity index is 2.17. The molecule has 4 heteroatoms. The van der Waals surface area contributed by atoms with Crippen LogP contribution < -0.4 is 0 Å². The van der Waals surface area contributed by atoms with Gasteiger partial charge in [0.05, 0.1) is 6.10 Å². The molecule has 2 fully saturated rings. The maximum atomic E-state index is 12.7. The van der Waals surface area contributed by atoms with Gasteiger partial charge in [0.15, 0.2) is 5.78 Å². The molecule has 2 aliphatic heterocycles. The fourth-order valence-electron chi connectivity index (χ4n) is 3.59. The fraction of sp³-hybridized carbons (Fsp3) is 0.765. The van der Waals surface area contributed by atoms with Gasteiger partial charge in [-0.15, -0.1) is 0 Å². The number of carbonyl (C=O) groups is 2. The molecule has 2 heterocycles. The van der Waals surface area contributed by atoms with Crippen molar-refractivity contribution in [2.75, 3.05) is 13.2 Å². The quantitative estimate of drug-likeness (QED) is 0.748. The zero-order chi connectivity index (χ0) is 15.7. The van der Waals surface area contributed by atoms with Crippen molar-refractivity contribution in [2.24, 2.45) is 17.8 Å². The lowest BCUT2D eigenvalue weighted by molar-refractivity contribution is -0.139. The first kappa shape index (κ1) is 16.2. The molecule has 0 aromatic carbocycles. The van der Waals surface area contributed by atoms with Crippen molar-refractivity contribution in [1.29, 1.82) is 0 Å². The molecule has 1 amide bonds. The Hall–Kier alpha value is -1.16. The van der Waals surface area contributed by atoms with Crippen molar-refractivity contribution in [3.05, 3.63) is 11.6 Å². The molecule has 0 N–H and O–H groups in total. The van der Waals surface area contributed by atoms with E-state index in [4.69, 9.17) is 4.74 Å². The Morgan fingerprint density at radius 1 is 1.38 bits per heavy atom. The number of ether oxygens (including phenoxy) is 1. The van der Waals surface area contributed by atoms with E-state index in [-0.39, 0.29) is 42.3 Å². The zero-order valence-electron chi connectivity index (χ0n) is 13.8. The summed E-state index contributed by atoms with van der Waals surface area (Å²) < 4.78 is 5.66. The molecule has 0 aromatic heterocycles. The highest BCUT2D eigenvalue weighted by Crippen LogP contribution is 2.34. The number of amides is 1. The lowest BCUT2D eigenvalue weighted by Gasteiger charge is -2.25. The topological polar surface area (TPSA) is 46.6 Å². The maximum absolute atomic E-state index is 12.7. The van der Waals surface area contributed by atoms with E-state index in [1.165, 1.54) is 5.57 Å². The Morgan fingerprint density at radius 3 is 2.62 bits per heavy atom. The molecular weight excluding hydrogens is 266 g/mol. The van der Waals surface area contributed by atoms with Crippen LogP contribution in [-0.2, 0) is 14.3 Å². The summed E-state index contributed by atoms with van der Waals surface area (Å²) >= 11 is 0. The Kier molecular flexibility index (Phi) is 4.87. The Morgan fingerprint density at radius 2 is 2.05 bits per heavy atom. The number of hydrogen-bond donors (Lipinski definition) is 0. The molecule has 0 saturated carbocycles. The summed E-state index contributed by atoms with van der Waals surface area (Å²) in [5, 5.41) is 0. The fourth-order valence-corrected chi connectivity index (χ4v) is 3.59. The highest BCUT2D eigenvalue weighted by Gasteiger charge is 2.51. The van der Waals surface area contributed by atoms with E-state index in [1.807, 2.05) is 20.8 Å². The third kappa shape index (κ3) is 3.37. The maximum Gasteiger partial charge on any atom is 0.226 e. The first-order chi connectivity index (χ1) is 9.81. The van der Waals surface area contributed by atoms with Crippen LogP contribution in [0.3, 0.4) is 0 Å². The second kappa shape index (κ2) is 6.30. The molecule has 0 unspecified atom stereocenters. The van der Waals surface area contributed by atoms with Crippen LogP contribution in [0, 0.1) is 17.8 Å². The van der Waals surface area contributed by atoms with Gasteiger partial charge in [0.1, 0.15) is 12.6 Å². The van der Waals surface area contributed by atoms with Crippen LogP contribution in [0.15, 0.2) is 11.6 Å². The van der Waals surface area contributed by atoms with E-state index in [0.29, 0.717) is 12.5 Å². The lowest BCUT2D eigenvalue weighted by Crippen LogP contribution is -2.44. The standard InChI is InChI=1S/C17H27NO3/c1-10(2)6-12(5)17(20)18-8-13(7-11(3)4)16-15(18)14(19)9-21-16/h7,10,12-13,15-16H,6,8-9H2,1-5H3/t12-,13+,15+,16+/m0/s1. The van der Waals surface area contributed by atoms with Crippen molar-refractivity contribution in [3.8, 4) is 0 Å². The van der Waals surface area contributed by atoms with Crippen molar-refractivity contribution in [3.63, 3.8) is 0 Å². The summed E-state index contributed by atoms with van der Waals surface area (Å²) in [6.45, 7) is 11.0. The van der Waals surface area contributed by atoms with Gasteiger partial charge in [-0.05, 0) is 26.2 Å². The van der Waals surface area contributed by atoms with Gasteiger partial charge in [-0.2, -0.15) is 0 Å². The molecule has 118 valence electrons. The largest absolute Gasteiger partial charge is 0.367 e. The molecule has 0 aromatic rings. The van der Waals surface area contributed by atoms with Crippen LogP contribution >= 0.6 is 0 Å². The van der Waals surface area contributed by atoms with E-state index >= 15 is 0 Å². The Labute approximate surface area is 127 Å². The first-order valence-corrected chi connectivity index (χ1v) is 7.91. The molecule has 0 spiro atoms. The lowest BCUT2D eigenvalue weighted by atomic mass is 9.97. The number of Topliss-reactive ketones (excluding diaryl/α,β-unsaturated/α-hetero) is 1. The number of allylic oxidation sites excluding steroid dienone is 1. The van der Waals surface area contributed by atoms with Gasteiger partial charge in [-0.1, -0.05) is 32.4 Å². The van der Waals surface area contributed by atoms with E-state index in [9.17, 15) is 9.59 Å². The van der Waals surface area contributed by atoms with Gasteiger partial charge >= 0.3 is 0 Å². The van der Waals surface area contributed by atoms with Gasteiger partial charge in [-0.3, -0.25) is 9.59 Å². The second-order valence-electron chi connectivity index (χ2n) is 7.12. The minimum absolute atomic E-state index is 0.0375. The average molecular weight is 293 g/mol. The third-order valence-electron chi connectivity index (χ3n) is 4.30. The molecular formula is C17H27NO3. The summed E-state index contributed by atoms with van der Waals surface area (Å²) in [4.78, 5) is 26.6. The second-order valence-corrected chi connectivity index (χ2v) is 7.12. The number of carbonyl (C=O) groups excluding carboxylic acids is 2. The molecule has 2 rings (SSSR count). The number of hydrogen-bond acceptors (Lipinski definition) is 3. The number of nitrogens with zero attached hydrogens (tertiary/aromatic N) is 1. The van der Waals surface area contributed by atoms with Crippen molar-refractivity contribution < 1.29 is 14.3 Å². The van der Waals surface area contributed by atoms with Crippen molar-refractivity contribution in [1.82, 2.24) is 4.90 Å². The van der Waals surface area contributed by atoms with E-state index in [2.05, 4.69) is 19.9 Å². The summed E-state index contributed by atoms with van der Waals surface area (Å²) in [6.07, 6.45) is 2.84. The molecule has 4 nitrogen and oxygen atoms in total. The van der Waals surface area contributed by atoms with Gasteiger partial charge in [-0.25, -0.2) is 0 Å². The minimum atomic E-state index is -0.368. The third-order valence-corrected chi connectivity index (χ3v) is 4.30. The van der Waals surface area contributed by atoms with Gasteiger partial charge < -0.3 is 9.64 Å². The predicted octanol–water partition coefficient (Wildman–Crippen LogP) is 2.43. The predicted molar refractivity (Wildman–Crippen MR) is 81.8 cm³/mol. The highest BCUT2D eigenvalue weighted by atomic mass is 16.5. The summed E-state index contributed by atoms with van der Waals surface area (Å²) in [5.74, 6) is 0.731. The van der Waals surface area contributed by atoms with Crippen LogP contribution in [0.4, 0.5) is 0 Å². The Bertz CT molecular complexity index is 451. The van der Waals surface area contributed by atoms with Gasteiger partial charge in [0, 0.05) is 18.4 Å². The minimum Gasteiger partial charge on any atom is -0.367 e. The first-order valence-electron chi connectivity index (χ1n) is 7.91. The van der Waals surface area contributed by atoms with E-state index < -0.39 is 0 Å². The van der Waals surface area contributed by atoms with Crippen LogP contribution in [-0.4, -0.2) is 41.9 Å². The van der Waals surface area contributed by atoms with Gasteiger partial charge in [0.25, 0.3) is 0 Å². The van der Waals surface area contributed by atoms with Gasteiger partial charge in [0.2, 0.25) is 5.91 Å². The summed E-state index contributed by atoms with van der Waals surface area (Å²) in [7, 11) is 0. The summed E-state index contributed by atoms with van der Waals surface area (Å²) in [5.41, 5.74) is 1.20. The molecule has 4 atom stereocenters. The SMILES string of the molecule is CC(C)=C[C@@H]1CN(C(=O)[C@@H](C)CC(C)C)[C@@H]2C(=O)CO[C@H]12. The molecule has 0 aliphatic carbocycles. The average Bonchev–Trinajstić information content (AvgIpc) is 2.90. The molecule has 0 bridgehead atoms. The molecule has 2 aliphatic rings. The molecule has 0 radical (unpaired) electrons. The number of rotatable bonds is 4. The normalized spacial score (nSPS) is 29.7. The van der Waals surface area contributed by atoms with Crippen molar-refractivity contribution >= 4 is 11.7 Å². The van der Waals surface area contributed by atoms with Crippen LogP contribution in [0.5, 0.6) is 0 Å². The van der Waals surface area contributed by atoms with Crippen molar-refractivity contribution in [2.45, 2.75) is 53.2 Å². The smallest absolute Gasteiger partial charge is 0.226 e. The van der Waals surface area contributed by atoms with Crippen LogP contribution in [0.1, 0.15) is 41.0 Å². The number of likely N-dealkylation sites (tertiary alicyclic amines) is 1. The van der Waals surface area contributed by atoms with Crippen LogP contribution in [0.25, 0.3) is 0 Å². The highest BCUT2D eigenvalue weighted by molar-refractivity contribution is 5.93. The van der Waals surface area contributed by atoms with E-state index in [1.54, 1.807) is 4.90 Å². The van der Waals surface area contributed by atoms with E-state index in [0.717, 1.165) is 6.42 Å². The molecule has 21 heavy (non-hydrogen) atoms. The van der Waals surface area contributed by atoms with Crippen LogP contribution in [0.2, 0.25) is 0 Å². The number of fused-ring (bicyclic) bond motifs is 1. The zero-order valence-corrected chi connectivity index (χ0v) is 13.8. The summed E-state index contributed by atoms with van der Waals surface area (Å²) in [6, 6.07) is -0.368. The monoisotopic (exact) mass is 293 g/mol. The number of ketones is 1.